The van der Waals surface area contributed by atoms with Gasteiger partial charge >= 0.3 is 0 Å². The SMILES string of the molecule is [N-]=[N+]=Nc1ccc2c(c1)ncn2CCO. The molecule has 0 spiro atoms. The van der Waals surface area contributed by atoms with Crippen molar-refractivity contribution in [2.75, 3.05) is 6.61 Å². The van der Waals surface area contributed by atoms with Crippen LogP contribution in [0.2, 0.25) is 0 Å². The maximum absolute atomic E-state index is 8.82. The van der Waals surface area contributed by atoms with E-state index in [0.717, 1.165) is 11.0 Å². The molecule has 0 amide bonds. The van der Waals surface area contributed by atoms with Crippen molar-refractivity contribution >= 4 is 16.7 Å². The Bertz CT molecular complexity index is 526. The third-order valence-electron chi connectivity index (χ3n) is 2.11. The van der Waals surface area contributed by atoms with Crippen LogP contribution in [-0.2, 0) is 6.54 Å². The first-order valence-corrected chi connectivity index (χ1v) is 4.46. The van der Waals surface area contributed by atoms with E-state index in [1.54, 1.807) is 18.5 Å². The molecule has 1 N–H and O–H groups in total. The Morgan fingerprint density at radius 1 is 1.53 bits per heavy atom. The van der Waals surface area contributed by atoms with Crippen LogP contribution in [0.3, 0.4) is 0 Å². The monoisotopic (exact) mass is 203 g/mol. The quantitative estimate of drug-likeness (QED) is 0.469. The van der Waals surface area contributed by atoms with Gasteiger partial charge in [-0.1, -0.05) is 11.2 Å². The molecule has 1 aromatic heterocycles. The Morgan fingerprint density at radius 2 is 2.40 bits per heavy atom. The minimum Gasteiger partial charge on any atom is -0.395 e. The van der Waals surface area contributed by atoms with Crippen molar-refractivity contribution in [2.24, 2.45) is 5.11 Å². The lowest BCUT2D eigenvalue weighted by Gasteiger charge is -2.00. The Hall–Kier alpha value is -2.04. The minimum atomic E-state index is 0.0730. The number of hydrogen-bond donors (Lipinski definition) is 1. The van der Waals surface area contributed by atoms with Crippen molar-refractivity contribution in [1.29, 1.82) is 0 Å². The number of fused-ring (bicyclic) bond motifs is 1. The summed E-state index contributed by atoms with van der Waals surface area (Å²) in [5.41, 5.74) is 10.5. The number of hydrogen-bond acceptors (Lipinski definition) is 3. The van der Waals surface area contributed by atoms with Crippen LogP contribution >= 0.6 is 0 Å². The summed E-state index contributed by atoms with van der Waals surface area (Å²) in [7, 11) is 0. The summed E-state index contributed by atoms with van der Waals surface area (Å²) in [4.78, 5) is 6.86. The van der Waals surface area contributed by atoms with Crippen molar-refractivity contribution < 1.29 is 5.11 Å². The molecule has 6 nitrogen and oxygen atoms in total. The predicted octanol–water partition coefficient (Wildman–Crippen LogP) is 1.97. The molecule has 0 aliphatic rings. The second-order valence-electron chi connectivity index (χ2n) is 3.02. The van der Waals surface area contributed by atoms with Gasteiger partial charge in [0.25, 0.3) is 0 Å². The lowest BCUT2D eigenvalue weighted by molar-refractivity contribution is 0.278. The Kier molecular flexibility index (Phi) is 2.53. The van der Waals surface area contributed by atoms with Crippen molar-refractivity contribution in [3.05, 3.63) is 35.0 Å². The fourth-order valence-electron chi connectivity index (χ4n) is 1.45. The lowest BCUT2D eigenvalue weighted by Crippen LogP contribution is -1.99. The molecule has 0 atom stereocenters. The normalized spacial score (nSPS) is 10.2. The van der Waals surface area contributed by atoms with E-state index in [1.807, 2.05) is 10.6 Å². The molecule has 1 aromatic carbocycles. The summed E-state index contributed by atoms with van der Waals surface area (Å²) < 4.78 is 1.84. The van der Waals surface area contributed by atoms with Gasteiger partial charge in [-0.3, -0.25) is 0 Å². The third kappa shape index (κ3) is 1.76. The van der Waals surface area contributed by atoms with E-state index in [4.69, 9.17) is 10.6 Å². The number of benzene rings is 1. The van der Waals surface area contributed by atoms with E-state index < -0.39 is 0 Å². The summed E-state index contributed by atoms with van der Waals surface area (Å²) in [6.45, 7) is 0.584. The van der Waals surface area contributed by atoms with Crippen LogP contribution < -0.4 is 0 Å². The first-order valence-electron chi connectivity index (χ1n) is 4.46. The van der Waals surface area contributed by atoms with Gasteiger partial charge < -0.3 is 9.67 Å². The van der Waals surface area contributed by atoms with Gasteiger partial charge in [-0.25, -0.2) is 4.98 Å². The van der Waals surface area contributed by atoms with Gasteiger partial charge in [0.2, 0.25) is 0 Å². The fourth-order valence-corrected chi connectivity index (χ4v) is 1.45. The number of azide groups is 1. The molecular weight excluding hydrogens is 194 g/mol. The molecule has 2 rings (SSSR count). The molecule has 0 aliphatic heterocycles. The van der Waals surface area contributed by atoms with E-state index >= 15 is 0 Å². The summed E-state index contributed by atoms with van der Waals surface area (Å²) in [6, 6.07) is 5.25. The van der Waals surface area contributed by atoms with E-state index in [0.29, 0.717) is 12.2 Å². The Morgan fingerprint density at radius 3 is 3.13 bits per heavy atom. The number of imidazole rings is 1. The minimum absolute atomic E-state index is 0.0730. The smallest absolute Gasteiger partial charge is 0.0959 e. The summed E-state index contributed by atoms with van der Waals surface area (Å²) in [6.07, 6.45) is 1.65. The van der Waals surface area contributed by atoms with E-state index in [2.05, 4.69) is 15.0 Å². The number of nitrogens with zero attached hydrogens (tertiary/aromatic N) is 5. The summed E-state index contributed by atoms with van der Waals surface area (Å²) >= 11 is 0. The molecule has 6 heteroatoms. The largest absolute Gasteiger partial charge is 0.395 e. The highest BCUT2D eigenvalue weighted by molar-refractivity contribution is 5.78. The van der Waals surface area contributed by atoms with Crippen LogP contribution in [0.5, 0.6) is 0 Å². The number of aliphatic hydroxyl groups excluding tert-OH is 1. The highest BCUT2D eigenvalue weighted by Gasteiger charge is 2.01. The molecule has 0 saturated carbocycles. The van der Waals surface area contributed by atoms with E-state index in [-0.39, 0.29) is 6.61 Å². The van der Waals surface area contributed by atoms with Gasteiger partial charge in [0, 0.05) is 17.1 Å². The third-order valence-corrected chi connectivity index (χ3v) is 2.11. The van der Waals surface area contributed by atoms with Gasteiger partial charge in [0.1, 0.15) is 0 Å². The second-order valence-corrected chi connectivity index (χ2v) is 3.02. The molecule has 76 valence electrons. The molecule has 0 saturated heterocycles. The van der Waals surface area contributed by atoms with Gasteiger partial charge in [0.05, 0.1) is 24.0 Å². The Balaban J connectivity index is 2.51. The molecular formula is C9H9N5O. The van der Waals surface area contributed by atoms with Crippen molar-refractivity contribution in [1.82, 2.24) is 9.55 Å². The molecule has 0 fully saturated rings. The van der Waals surface area contributed by atoms with Crippen LogP contribution in [0.25, 0.3) is 21.5 Å². The number of aliphatic hydroxyl groups is 1. The number of aromatic nitrogens is 2. The predicted molar refractivity (Wildman–Crippen MR) is 55.6 cm³/mol. The first kappa shape index (κ1) is 9.51. The topological polar surface area (TPSA) is 86.8 Å². The molecule has 2 aromatic rings. The van der Waals surface area contributed by atoms with Gasteiger partial charge in [-0.2, -0.15) is 0 Å². The molecule has 0 bridgehead atoms. The van der Waals surface area contributed by atoms with Gasteiger partial charge in [-0.15, -0.1) is 0 Å². The van der Waals surface area contributed by atoms with Crippen LogP contribution in [0, 0.1) is 0 Å². The van der Waals surface area contributed by atoms with Gasteiger partial charge in [-0.05, 0) is 17.7 Å². The zero-order chi connectivity index (χ0) is 10.7. The number of rotatable bonds is 3. The maximum atomic E-state index is 8.82. The zero-order valence-corrected chi connectivity index (χ0v) is 7.91. The maximum Gasteiger partial charge on any atom is 0.0959 e. The van der Waals surface area contributed by atoms with Crippen molar-refractivity contribution in [3.63, 3.8) is 0 Å². The zero-order valence-electron chi connectivity index (χ0n) is 7.91. The van der Waals surface area contributed by atoms with Crippen LogP contribution in [0.15, 0.2) is 29.6 Å². The van der Waals surface area contributed by atoms with Crippen molar-refractivity contribution in [2.45, 2.75) is 6.54 Å². The molecule has 0 radical (unpaired) electrons. The highest BCUT2D eigenvalue weighted by atomic mass is 16.3. The van der Waals surface area contributed by atoms with E-state index in [9.17, 15) is 0 Å². The van der Waals surface area contributed by atoms with Crippen LogP contribution in [-0.4, -0.2) is 21.3 Å². The van der Waals surface area contributed by atoms with E-state index in [1.165, 1.54) is 0 Å². The second kappa shape index (κ2) is 4.00. The lowest BCUT2D eigenvalue weighted by atomic mass is 10.3. The standard InChI is InChI=1S/C9H9N5O/c10-13-12-7-1-2-9-8(5-7)11-6-14(9)3-4-15/h1-2,5-6,15H,3-4H2. The average Bonchev–Trinajstić information content (AvgIpc) is 2.62. The molecule has 15 heavy (non-hydrogen) atoms. The summed E-state index contributed by atoms with van der Waals surface area (Å²) in [5, 5.41) is 12.3. The van der Waals surface area contributed by atoms with Crippen LogP contribution in [0.4, 0.5) is 5.69 Å². The molecule has 1 heterocycles. The van der Waals surface area contributed by atoms with Crippen molar-refractivity contribution in [3.8, 4) is 0 Å². The summed E-state index contributed by atoms with van der Waals surface area (Å²) in [5.74, 6) is 0. The average molecular weight is 203 g/mol. The Labute approximate surface area is 85.4 Å². The molecule has 0 unspecified atom stereocenters. The first-order chi connectivity index (χ1) is 7.35. The van der Waals surface area contributed by atoms with Gasteiger partial charge in [0.15, 0.2) is 0 Å². The molecule has 0 aliphatic carbocycles. The fraction of sp³-hybridized carbons (Fsp3) is 0.222. The van der Waals surface area contributed by atoms with Crippen LogP contribution in [0.1, 0.15) is 0 Å². The highest BCUT2D eigenvalue weighted by Crippen LogP contribution is 2.20.